The van der Waals surface area contributed by atoms with E-state index in [4.69, 9.17) is 9.47 Å². The number of hydrogen-bond donors (Lipinski definition) is 2. The third-order valence-electron chi connectivity index (χ3n) is 2.71. The summed E-state index contributed by atoms with van der Waals surface area (Å²) in [5.74, 6) is 0.689. The van der Waals surface area contributed by atoms with Gasteiger partial charge in [-0.1, -0.05) is 15.9 Å². The van der Waals surface area contributed by atoms with Crippen molar-refractivity contribution in [2.45, 2.75) is 19.4 Å². The number of amides is 1. The number of rotatable bonds is 8. The minimum absolute atomic E-state index is 0.0416. The molecule has 0 radical (unpaired) electrons. The number of nitrogens with one attached hydrogen (secondary N) is 2. The molecule has 1 aromatic carbocycles. The molecule has 1 rings (SSSR count). The first kappa shape index (κ1) is 16.8. The van der Waals surface area contributed by atoms with Gasteiger partial charge in [-0.3, -0.25) is 4.79 Å². The molecule has 1 aromatic rings. The highest BCUT2D eigenvalue weighted by molar-refractivity contribution is 9.10. The van der Waals surface area contributed by atoms with E-state index in [2.05, 4.69) is 26.6 Å². The molecule has 1 amide bonds. The lowest BCUT2D eigenvalue weighted by atomic mass is 10.2. The molecule has 0 spiro atoms. The molecular formula is C14H21BrN2O3. The Kier molecular flexibility index (Phi) is 7.40. The van der Waals surface area contributed by atoms with Crippen LogP contribution in [0.25, 0.3) is 0 Å². The lowest BCUT2D eigenvalue weighted by Gasteiger charge is -2.16. The second-order valence-electron chi connectivity index (χ2n) is 4.38. The van der Waals surface area contributed by atoms with Crippen molar-refractivity contribution in [2.75, 3.05) is 32.7 Å². The van der Waals surface area contributed by atoms with Crippen LogP contribution < -0.4 is 15.4 Å². The van der Waals surface area contributed by atoms with E-state index < -0.39 is 0 Å². The smallest absolute Gasteiger partial charge is 0.242 e. The first-order chi connectivity index (χ1) is 9.56. The number of benzene rings is 1. The van der Waals surface area contributed by atoms with E-state index >= 15 is 0 Å². The maximum Gasteiger partial charge on any atom is 0.242 e. The van der Waals surface area contributed by atoms with Crippen molar-refractivity contribution in [3.63, 3.8) is 0 Å². The van der Waals surface area contributed by atoms with Gasteiger partial charge < -0.3 is 20.1 Å². The van der Waals surface area contributed by atoms with Crippen LogP contribution in [-0.2, 0) is 9.53 Å². The van der Waals surface area contributed by atoms with Gasteiger partial charge in [0.1, 0.15) is 11.8 Å². The van der Waals surface area contributed by atoms with Crippen LogP contribution in [0.2, 0.25) is 0 Å². The molecule has 0 saturated carbocycles. The van der Waals surface area contributed by atoms with Crippen molar-refractivity contribution in [3.05, 3.63) is 22.7 Å². The van der Waals surface area contributed by atoms with Gasteiger partial charge in [0.2, 0.25) is 5.91 Å². The fourth-order valence-corrected chi connectivity index (χ4v) is 2.13. The Bertz CT molecular complexity index is 440. The number of methoxy groups -OCH3 is 2. The van der Waals surface area contributed by atoms with Gasteiger partial charge in [-0.25, -0.2) is 0 Å². The Balaban J connectivity index is 2.50. The fraction of sp³-hybridized carbons (Fsp3) is 0.500. The summed E-state index contributed by atoms with van der Waals surface area (Å²) in [6, 6.07) is 5.29. The maximum absolute atomic E-state index is 11.9. The lowest BCUT2D eigenvalue weighted by Crippen LogP contribution is -2.38. The molecule has 112 valence electrons. The van der Waals surface area contributed by atoms with Crippen LogP contribution in [0.3, 0.4) is 0 Å². The average molecular weight is 345 g/mol. The van der Waals surface area contributed by atoms with Gasteiger partial charge in [-0.2, -0.15) is 0 Å². The van der Waals surface area contributed by atoms with Crippen molar-refractivity contribution < 1.29 is 14.3 Å². The van der Waals surface area contributed by atoms with Gasteiger partial charge in [0.05, 0.1) is 7.11 Å². The SMILES string of the molecule is COCCCNC(=O)C(C)Nc1cc(Br)cc(OC)c1. The van der Waals surface area contributed by atoms with E-state index in [1.807, 2.05) is 25.1 Å². The predicted molar refractivity (Wildman–Crippen MR) is 83.3 cm³/mol. The minimum atomic E-state index is -0.323. The minimum Gasteiger partial charge on any atom is -0.497 e. The van der Waals surface area contributed by atoms with Crippen LogP contribution in [0.1, 0.15) is 13.3 Å². The van der Waals surface area contributed by atoms with Crippen LogP contribution in [0.15, 0.2) is 22.7 Å². The Hall–Kier alpha value is -1.27. The molecule has 0 aliphatic rings. The second kappa shape index (κ2) is 8.81. The molecule has 0 bridgehead atoms. The van der Waals surface area contributed by atoms with Gasteiger partial charge in [0.15, 0.2) is 0 Å². The van der Waals surface area contributed by atoms with E-state index in [0.29, 0.717) is 13.2 Å². The van der Waals surface area contributed by atoms with Gasteiger partial charge in [-0.05, 0) is 25.5 Å². The highest BCUT2D eigenvalue weighted by Crippen LogP contribution is 2.24. The highest BCUT2D eigenvalue weighted by Gasteiger charge is 2.12. The van der Waals surface area contributed by atoms with Gasteiger partial charge in [0, 0.05) is 36.5 Å². The quantitative estimate of drug-likeness (QED) is 0.711. The standard InChI is InChI=1S/C14H21BrN2O3/c1-10(14(18)16-5-4-6-19-2)17-12-7-11(15)8-13(9-12)20-3/h7-10,17H,4-6H2,1-3H3,(H,16,18). The summed E-state index contributed by atoms with van der Waals surface area (Å²) >= 11 is 3.41. The number of carbonyl (C=O) groups is 1. The molecule has 0 saturated heterocycles. The van der Waals surface area contributed by atoms with Crippen LogP contribution in [0.5, 0.6) is 5.75 Å². The molecule has 0 heterocycles. The molecule has 0 fully saturated rings. The largest absolute Gasteiger partial charge is 0.497 e. The number of halogens is 1. The summed E-state index contributed by atoms with van der Waals surface area (Å²) in [5.41, 5.74) is 0.829. The molecule has 1 unspecified atom stereocenters. The Morgan fingerprint density at radius 3 is 2.75 bits per heavy atom. The van der Waals surface area contributed by atoms with Crippen molar-refractivity contribution >= 4 is 27.5 Å². The zero-order chi connectivity index (χ0) is 15.0. The number of hydrogen-bond acceptors (Lipinski definition) is 4. The summed E-state index contributed by atoms with van der Waals surface area (Å²) in [6.07, 6.45) is 0.805. The van der Waals surface area contributed by atoms with Gasteiger partial charge in [0.25, 0.3) is 0 Å². The normalized spacial score (nSPS) is 11.8. The van der Waals surface area contributed by atoms with Crippen molar-refractivity contribution in [3.8, 4) is 5.75 Å². The van der Waals surface area contributed by atoms with E-state index in [1.165, 1.54) is 0 Å². The molecule has 0 aromatic heterocycles. The fourth-order valence-electron chi connectivity index (χ4n) is 1.66. The summed E-state index contributed by atoms with van der Waals surface area (Å²) in [5, 5.41) is 6.00. The molecule has 5 nitrogen and oxygen atoms in total. The van der Waals surface area contributed by atoms with Crippen LogP contribution >= 0.6 is 15.9 Å². The van der Waals surface area contributed by atoms with Crippen LogP contribution in [0, 0.1) is 0 Å². The predicted octanol–water partition coefficient (Wildman–Crippen LogP) is 2.41. The van der Waals surface area contributed by atoms with E-state index in [0.717, 1.165) is 22.3 Å². The topological polar surface area (TPSA) is 59.6 Å². The zero-order valence-corrected chi connectivity index (χ0v) is 13.6. The third-order valence-corrected chi connectivity index (χ3v) is 3.17. The van der Waals surface area contributed by atoms with E-state index in [1.54, 1.807) is 14.2 Å². The number of carbonyl (C=O) groups excluding carboxylic acids is 1. The molecule has 0 aliphatic carbocycles. The lowest BCUT2D eigenvalue weighted by molar-refractivity contribution is -0.121. The summed E-state index contributed by atoms with van der Waals surface area (Å²) < 4.78 is 11.0. The molecule has 6 heteroatoms. The molecule has 20 heavy (non-hydrogen) atoms. The van der Waals surface area contributed by atoms with Crippen molar-refractivity contribution in [1.82, 2.24) is 5.32 Å². The Labute approximate surface area is 128 Å². The van der Waals surface area contributed by atoms with Crippen molar-refractivity contribution in [1.29, 1.82) is 0 Å². The summed E-state index contributed by atoms with van der Waals surface area (Å²) in [4.78, 5) is 11.9. The van der Waals surface area contributed by atoms with Gasteiger partial charge in [-0.15, -0.1) is 0 Å². The van der Waals surface area contributed by atoms with Crippen molar-refractivity contribution in [2.24, 2.45) is 0 Å². The van der Waals surface area contributed by atoms with E-state index in [9.17, 15) is 4.79 Å². The average Bonchev–Trinajstić information content (AvgIpc) is 2.42. The first-order valence-electron chi connectivity index (χ1n) is 6.44. The first-order valence-corrected chi connectivity index (χ1v) is 7.24. The summed E-state index contributed by atoms with van der Waals surface area (Å²) in [7, 11) is 3.25. The number of anilines is 1. The zero-order valence-electron chi connectivity index (χ0n) is 12.0. The molecule has 0 aliphatic heterocycles. The molecular weight excluding hydrogens is 324 g/mol. The van der Waals surface area contributed by atoms with Gasteiger partial charge >= 0.3 is 0 Å². The summed E-state index contributed by atoms with van der Waals surface area (Å²) in [6.45, 7) is 3.07. The Morgan fingerprint density at radius 2 is 2.10 bits per heavy atom. The highest BCUT2D eigenvalue weighted by atomic mass is 79.9. The van der Waals surface area contributed by atoms with Crippen LogP contribution in [0.4, 0.5) is 5.69 Å². The molecule has 2 N–H and O–H groups in total. The monoisotopic (exact) mass is 344 g/mol. The molecule has 1 atom stereocenters. The third kappa shape index (κ3) is 5.79. The second-order valence-corrected chi connectivity index (χ2v) is 5.30. The Morgan fingerprint density at radius 1 is 1.35 bits per heavy atom. The number of ether oxygens (including phenoxy) is 2. The van der Waals surface area contributed by atoms with Crippen LogP contribution in [-0.4, -0.2) is 39.3 Å². The van der Waals surface area contributed by atoms with E-state index in [-0.39, 0.29) is 11.9 Å². The maximum atomic E-state index is 11.9.